The minimum atomic E-state index is -0.656. The molecule has 116 valence electrons. The number of nitrogens with two attached hydrogens (primary N) is 1. The van der Waals surface area contributed by atoms with Crippen molar-refractivity contribution in [1.29, 1.82) is 5.26 Å². The molecule has 0 radical (unpaired) electrons. The molecule has 0 atom stereocenters. The number of piperazine rings is 1. The van der Waals surface area contributed by atoms with Gasteiger partial charge in [0.1, 0.15) is 0 Å². The van der Waals surface area contributed by atoms with Crippen LogP contribution < -0.4 is 11.1 Å². The summed E-state index contributed by atoms with van der Waals surface area (Å²) in [6.07, 6.45) is 0. The molecule has 0 spiro atoms. The number of carbonyl (C=O) groups excluding carboxylic acids is 2. The molecule has 0 aliphatic carbocycles. The minimum absolute atomic E-state index is 0.499. The second kappa shape index (κ2) is 7.54. The highest BCUT2D eigenvalue weighted by Crippen LogP contribution is 2.09. The van der Waals surface area contributed by atoms with Gasteiger partial charge >= 0.3 is 11.8 Å². The Hall–Kier alpha value is -2.43. The number of nitriles is 1. The van der Waals surface area contributed by atoms with Crippen molar-refractivity contribution in [2.24, 2.45) is 5.73 Å². The summed E-state index contributed by atoms with van der Waals surface area (Å²) >= 11 is 0. The van der Waals surface area contributed by atoms with Gasteiger partial charge in [0.2, 0.25) is 0 Å². The summed E-state index contributed by atoms with van der Waals surface area (Å²) in [5.41, 5.74) is 6.50. The molecule has 1 aliphatic rings. The zero-order chi connectivity index (χ0) is 15.9. The minimum Gasteiger partial charge on any atom is -0.332 e. The van der Waals surface area contributed by atoms with Gasteiger partial charge < -0.3 is 16.0 Å². The largest absolute Gasteiger partial charge is 0.332 e. The number of nitrogens with one attached hydrogen (secondary N) is 1. The zero-order valence-corrected chi connectivity index (χ0v) is 12.3. The molecular formula is C15H19N5O2. The summed E-state index contributed by atoms with van der Waals surface area (Å²) in [6.45, 7) is 3.91. The number of anilines is 1. The highest BCUT2D eigenvalue weighted by molar-refractivity contribution is 6.39. The first-order chi connectivity index (χ1) is 10.6. The Kier molecular flexibility index (Phi) is 5.47. The Labute approximate surface area is 129 Å². The molecule has 0 aromatic heterocycles. The van der Waals surface area contributed by atoms with E-state index >= 15 is 0 Å². The van der Waals surface area contributed by atoms with E-state index in [-0.39, 0.29) is 0 Å². The van der Waals surface area contributed by atoms with E-state index in [1.165, 1.54) is 0 Å². The summed E-state index contributed by atoms with van der Waals surface area (Å²) in [5.74, 6) is -1.19. The molecule has 2 rings (SSSR count). The first-order valence-electron chi connectivity index (χ1n) is 7.17. The van der Waals surface area contributed by atoms with Gasteiger partial charge in [-0.1, -0.05) is 0 Å². The number of benzene rings is 1. The second-order valence-corrected chi connectivity index (χ2v) is 5.07. The predicted octanol–water partition coefficient (Wildman–Crippen LogP) is -0.400. The molecule has 7 nitrogen and oxygen atoms in total. The quantitative estimate of drug-likeness (QED) is 0.740. The number of carbonyl (C=O) groups is 2. The van der Waals surface area contributed by atoms with E-state index in [2.05, 4.69) is 10.2 Å². The van der Waals surface area contributed by atoms with Gasteiger partial charge in [-0.2, -0.15) is 5.26 Å². The first kappa shape index (κ1) is 15.9. The van der Waals surface area contributed by atoms with E-state index in [0.29, 0.717) is 30.9 Å². The van der Waals surface area contributed by atoms with Crippen molar-refractivity contribution in [3.8, 4) is 6.07 Å². The number of hydrogen-bond acceptors (Lipinski definition) is 5. The lowest BCUT2D eigenvalue weighted by Gasteiger charge is -2.34. The van der Waals surface area contributed by atoms with Crippen LogP contribution in [0.25, 0.3) is 0 Å². The van der Waals surface area contributed by atoms with Crippen LogP contribution in [0.15, 0.2) is 24.3 Å². The molecule has 7 heteroatoms. The smallest absolute Gasteiger partial charge is 0.313 e. The van der Waals surface area contributed by atoms with Crippen molar-refractivity contribution in [2.75, 3.05) is 44.6 Å². The lowest BCUT2D eigenvalue weighted by atomic mass is 10.2. The lowest BCUT2D eigenvalue weighted by Crippen LogP contribution is -2.52. The first-order valence-corrected chi connectivity index (χ1v) is 7.17. The third-order valence-corrected chi connectivity index (χ3v) is 3.57. The van der Waals surface area contributed by atoms with Gasteiger partial charge in [-0.25, -0.2) is 0 Å². The van der Waals surface area contributed by atoms with Crippen LogP contribution in [0.4, 0.5) is 5.69 Å². The molecule has 1 fully saturated rings. The fourth-order valence-electron chi connectivity index (χ4n) is 2.31. The van der Waals surface area contributed by atoms with Crippen LogP contribution in [-0.2, 0) is 9.59 Å². The number of rotatable bonds is 3. The summed E-state index contributed by atoms with van der Waals surface area (Å²) in [4.78, 5) is 27.8. The van der Waals surface area contributed by atoms with Crippen molar-refractivity contribution in [3.63, 3.8) is 0 Å². The summed E-state index contributed by atoms with van der Waals surface area (Å²) in [7, 11) is 0. The van der Waals surface area contributed by atoms with E-state index in [9.17, 15) is 9.59 Å². The Morgan fingerprint density at radius 1 is 1.18 bits per heavy atom. The fourth-order valence-corrected chi connectivity index (χ4v) is 2.31. The summed E-state index contributed by atoms with van der Waals surface area (Å²) < 4.78 is 0. The molecule has 0 unspecified atom stereocenters. The summed E-state index contributed by atoms with van der Waals surface area (Å²) in [5, 5.41) is 11.3. The van der Waals surface area contributed by atoms with Crippen LogP contribution in [0.1, 0.15) is 5.56 Å². The molecule has 1 aromatic carbocycles. The maximum atomic E-state index is 12.1. The van der Waals surface area contributed by atoms with Crippen molar-refractivity contribution in [3.05, 3.63) is 29.8 Å². The monoisotopic (exact) mass is 301 g/mol. The Bertz CT molecular complexity index is 571. The molecule has 1 saturated heterocycles. The molecule has 2 amide bonds. The summed E-state index contributed by atoms with van der Waals surface area (Å²) in [6, 6.07) is 8.37. The van der Waals surface area contributed by atoms with Crippen molar-refractivity contribution >= 4 is 17.5 Å². The number of amides is 2. The van der Waals surface area contributed by atoms with E-state index in [1.807, 2.05) is 6.07 Å². The molecule has 3 N–H and O–H groups in total. The van der Waals surface area contributed by atoms with Crippen LogP contribution in [0.3, 0.4) is 0 Å². The van der Waals surface area contributed by atoms with Gasteiger partial charge in [-0.05, 0) is 24.3 Å². The SMILES string of the molecule is N#Cc1ccc(NC(=O)C(=O)N2CCN(CCN)CC2)cc1. The number of hydrogen-bond donors (Lipinski definition) is 2. The maximum Gasteiger partial charge on any atom is 0.313 e. The van der Waals surface area contributed by atoms with Crippen molar-refractivity contribution in [2.45, 2.75) is 0 Å². The van der Waals surface area contributed by atoms with Crippen molar-refractivity contribution < 1.29 is 9.59 Å². The molecule has 0 saturated carbocycles. The van der Waals surface area contributed by atoms with E-state index in [4.69, 9.17) is 11.0 Å². The van der Waals surface area contributed by atoms with Gasteiger partial charge in [-0.15, -0.1) is 0 Å². The highest BCUT2D eigenvalue weighted by Gasteiger charge is 2.25. The Morgan fingerprint density at radius 3 is 2.36 bits per heavy atom. The second-order valence-electron chi connectivity index (χ2n) is 5.07. The highest BCUT2D eigenvalue weighted by atomic mass is 16.2. The molecule has 1 aromatic rings. The van der Waals surface area contributed by atoms with Gasteiger partial charge in [0.15, 0.2) is 0 Å². The molecular weight excluding hydrogens is 282 g/mol. The molecule has 22 heavy (non-hydrogen) atoms. The predicted molar refractivity (Wildman–Crippen MR) is 81.9 cm³/mol. The van der Waals surface area contributed by atoms with E-state index in [1.54, 1.807) is 29.2 Å². The van der Waals surface area contributed by atoms with Crippen molar-refractivity contribution in [1.82, 2.24) is 9.80 Å². The lowest BCUT2D eigenvalue weighted by molar-refractivity contribution is -0.144. The van der Waals surface area contributed by atoms with Crippen LogP contribution in [0.5, 0.6) is 0 Å². The number of nitrogens with zero attached hydrogens (tertiary/aromatic N) is 3. The fraction of sp³-hybridized carbons (Fsp3) is 0.400. The molecule has 1 heterocycles. The van der Waals surface area contributed by atoms with Gasteiger partial charge in [0, 0.05) is 45.0 Å². The Morgan fingerprint density at radius 2 is 1.82 bits per heavy atom. The van der Waals surface area contributed by atoms with Gasteiger partial charge in [-0.3, -0.25) is 14.5 Å². The maximum absolute atomic E-state index is 12.1. The molecule has 1 aliphatic heterocycles. The standard InChI is InChI=1S/C15H19N5O2/c16-5-6-19-7-9-20(10-8-19)15(22)14(21)18-13-3-1-12(11-17)2-4-13/h1-4H,5-10,16H2,(H,18,21). The average Bonchev–Trinajstić information content (AvgIpc) is 2.56. The molecule has 0 bridgehead atoms. The Balaban J connectivity index is 1.87. The van der Waals surface area contributed by atoms with Crippen LogP contribution in [0, 0.1) is 11.3 Å². The average molecular weight is 301 g/mol. The van der Waals surface area contributed by atoms with Gasteiger partial charge in [0.05, 0.1) is 11.6 Å². The van der Waals surface area contributed by atoms with E-state index in [0.717, 1.165) is 19.6 Å². The van der Waals surface area contributed by atoms with Crippen LogP contribution >= 0.6 is 0 Å². The topological polar surface area (TPSA) is 102 Å². The van der Waals surface area contributed by atoms with Crippen LogP contribution in [0.2, 0.25) is 0 Å². The normalized spacial score (nSPS) is 15.2. The third kappa shape index (κ3) is 4.04. The van der Waals surface area contributed by atoms with Gasteiger partial charge in [0.25, 0.3) is 0 Å². The van der Waals surface area contributed by atoms with Crippen LogP contribution in [-0.4, -0.2) is 60.9 Å². The third-order valence-electron chi connectivity index (χ3n) is 3.57. The zero-order valence-electron chi connectivity index (χ0n) is 12.3. The van der Waals surface area contributed by atoms with E-state index < -0.39 is 11.8 Å².